The molecule has 1 atom stereocenters. The summed E-state index contributed by atoms with van der Waals surface area (Å²) in [6.45, 7) is 1.60. The summed E-state index contributed by atoms with van der Waals surface area (Å²) in [6.07, 6.45) is 0.611. The molecule has 0 saturated heterocycles. The van der Waals surface area contributed by atoms with Gasteiger partial charge in [0.25, 0.3) is 11.6 Å². The van der Waals surface area contributed by atoms with Gasteiger partial charge >= 0.3 is 0 Å². The van der Waals surface area contributed by atoms with Crippen molar-refractivity contribution in [1.82, 2.24) is 5.43 Å². The zero-order chi connectivity index (χ0) is 16.7. The van der Waals surface area contributed by atoms with Crippen LogP contribution in [0.3, 0.4) is 0 Å². The second-order valence-corrected chi connectivity index (χ2v) is 4.66. The summed E-state index contributed by atoms with van der Waals surface area (Å²) in [5.41, 5.74) is 2.81. The van der Waals surface area contributed by atoms with Gasteiger partial charge in [-0.05, 0) is 19.1 Å². The molecule has 0 aromatic heterocycles. The highest BCUT2D eigenvalue weighted by molar-refractivity contribution is 5.84. The first-order valence-electron chi connectivity index (χ1n) is 6.85. The zero-order valence-electron chi connectivity index (χ0n) is 12.4. The van der Waals surface area contributed by atoms with Gasteiger partial charge < -0.3 is 4.74 Å². The van der Waals surface area contributed by atoms with E-state index in [1.54, 1.807) is 43.3 Å². The largest absolute Gasteiger partial charge is 0.481 e. The fourth-order valence-electron chi connectivity index (χ4n) is 1.74. The first kappa shape index (κ1) is 16.2. The predicted molar refractivity (Wildman–Crippen MR) is 85.4 cm³/mol. The monoisotopic (exact) mass is 313 g/mol. The van der Waals surface area contributed by atoms with E-state index in [4.69, 9.17) is 4.74 Å². The molecule has 7 heteroatoms. The molecule has 0 saturated carbocycles. The average molecular weight is 313 g/mol. The van der Waals surface area contributed by atoms with Crippen LogP contribution >= 0.6 is 0 Å². The molecule has 0 spiro atoms. The predicted octanol–water partition coefficient (Wildman–Crippen LogP) is 2.51. The van der Waals surface area contributed by atoms with Crippen LogP contribution in [0.2, 0.25) is 0 Å². The highest BCUT2D eigenvalue weighted by atomic mass is 16.6. The number of hydrazone groups is 1. The standard InChI is InChI=1S/C16H15N3O4/c1-12(23-15-8-3-2-4-9-15)16(20)18-17-11-13-6-5-7-14(10-13)19(21)22/h2-12H,1H3,(H,18,20). The first-order chi connectivity index (χ1) is 11.1. The highest BCUT2D eigenvalue weighted by Gasteiger charge is 2.13. The minimum absolute atomic E-state index is 0.0407. The van der Waals surface area contributed by atoms with Gasteiger partial charge in [-0.1, -0.05) is 30.3 Å². The van der Waals surface area contributed by atoms with Gasteiger partial charge in [0.1, 0.15) is 5.75 Å². The van der Waals surface area contributed by atoms with Gasteiger partial charge in [0.2, 0.25) is 0 Å². The van der Waals surface area contributed by atoms with Crippen molar-refractivity contribution in [2.45, 2.75) is 13.0 Å². The van der Waals surface area contributed by atoms with Crippen LogP contribution in [0.1, 0.15) is 12.5 Å². The Hall–Kier alpha value is -3.22. The number of non-ortho nitro benzene ring substituents is 1. The van der Waals surface area contributed by atoms with Crippen molar-refractivity contribution in [3.05, 3.63) is 70.3 Å². The minimum Gasteiger partial charge on any atom is -0.481 e. The molecular formula is C16H15N3O4. The molecule has 0 bridgehead atoms. The van der Waals surface area contributed by atoms with Crippen molar-refractivity contribution in [1.29, 1.82) is 0 Å². The molecule has 0 heterocycles. The summed E-state index contributed by atoms with van der Waals surface area (Å²) >= 11 is 0. The number of hydrogen-bond acceptors (Lipinski definition) is 5. The summed E-state index contributed by atoms with van der Waals surface area (Å²) in [4.78, 5) is 22.0. The Morgan fingerprint density at radius 1 is 1.26 bits per heavy atom. The molecule has 0 aliphatic carbocycles. The summed E-state index contributed by atoms with van der Waals surface area (Å²) < 4.78 is 5.45. The van der Waals surface area contributed by atoms with Crippen molar-refractivity contribution < 1.29 is 14.5 Å². The Morgan fingerprint density at radius 3 is 2.70 bits per heavy atom. The Labute approximate surface area is 132 Å². The molecule has 0 fully saturated rings. The van der Waals surface area contributed by atoms with E-state index in [-0.39, 0.29) is 5.69 Å². The number of hydrogen-bond donors (Lipinski definition) is 1. The highest BCUT2D eigenvalue weighted by Crippen LogP contribution is 2.12. The topological polar surface area (TPSA) is 93.8 Å². The van der Waals surface area contributed by atoms with E-state index in [0.717, 1.165) is 0 Å². The van der Waals surface area contributed by atoms with Gasteiger partial charge in [-0.2, -0.15) is 5.10 Å². The number of benzene rings is 2. The van der Waals surface area contributed by atoms with Crippen molar-refractivity contribution in [2.24, 2.45) is 5.10 Å². The van der Waals surface area contributed by atoms with E-state index in [1.807, 2.05) is 6.07 Å². The second-order valence-electron chi connectivity index (χ2n) is 4.66. The minimum atomic E-state index is -0.723. The van der Waals surface area contributed by atoms with E-state index in [0.29, 0.717) is 11.3 Å². The molecule has 118 valence electrons. The van der Waals surface area contributed by atoms with Crippen LogP contribution in [-0.2, 0) is 4.79 Å². The van der Waals surface area contributed by atoms with Crippen LogP contribution < -0.4 is 10.2 Å². The normalized spacial score (nSPS) is 11.9. The lowest BCUT2D eigenvalue weighted by atomic mass is 10.2. The van der Waals surface area contributed by atoms with Gasteiger partial charge in [-0.3, -0.25) is 14.9 Å². The number of rotatable bonds is 6. The van der Waals surface area contributed by atoms with E-state index >= 15 is 0 Å². The average Bonchev–Trinajstić information content (AvgIpc) is 2.56. The SMILES string of the molecule is CC(Oc1ccccc1)C(=O)NN=Cc1cccc([N+](=O)[O-])c1. The maximum Gasteiger partial charge on any atom is 0.280 e. The number of nitrogens with zero attached hydrogens (tertiary/aromatic N) is 2. The van der Waals surface area contributed by atoms with E-state index in [1.165, 1.54) is 18.3 Å². The van der Waals surface area contributed by atoms with Gasteiger partial charge in [-0.15, -0.1) is 0 Å². The molecule has 0 aliphatic heterocycles. The van der Waals surface area contributed by atoms with Crippen LogP contribution in [0, 0.1) is 10.1 Å². The molecule has 23 heavy (non-hydrogen) atoms. The molecular weight excluding hydrogens is 298 g/mol. The number of ether oxygens (including phenoxy) is 1. The van der Waals surface area contributed by atoms with Crippen LogP contribution in [0.5, 0.6) is 5.75 Å². The lowest BCUT2D eigenvalue weighted by Gasteiger charge is -2.12. The lowest BCUT2D eigenvalue weighted by Crippen LogP contribution is -2.33. The number of carbonyl (C=O) groups is 1. The van der Waals surface area contributed by atoms with Crippen molar-refractivity contribution in [2.75, 3.05) is 0 Å². The molecule has 1 amide bonds. The maximum absolute atomic E-state index is 11.9. The molecule has 7 nitrogen and oxygen atoms in total. The first-order valence-corrected chi connectivity index (χ1v) is 6.85. The Balaban J connectivity index is 1.90. The maximum atomic E-state index is 11.9. The second kappa shape index (κ2) is 7.69. The van der Waals surface area contributed by atoms with E-state index < -0.39 is 16.9 Å². The van der Waals surface area contributed by atoms with E-state index in [9.17, 15) is 14.9 Å². The molecule has 2 rings (SSSR count). The molecule has 0 radical (unpaired) electrons. The van der Waals surface area contributed by atoms with Crippen LogP contribution in [-0.4, -0.2) is 23.1 Å². The number of para-hydroxylation sites is 1. The summed E-state index contributed by atoms with van der Waals surface area (Å²) in [6, 6.07) is 14.9. The third kappa shape index (κ3) is 4.92. The molecule has 0 aliphatic rings. The Bertz CT molecular complexity index is 716. The quantitative estimate of drug-likeness (QED) is 0.503. The fourth-order valence-corrected chi connectivity index (χ4v) is 1.74. The Kier molecular flexibility index (Phi) is 5.40. The van der Waals surface area contributed by atoms with Crippen molar-refractivity contribution >= 4 is 17.8 Å². The smallest absolute Gasteiger partial charge is 0.280 e. The lowest BCUT2D eigenvalue weighted by molar-refractivity contribution is -0.384. The van der Waals surface area contributed by atoms with Crippen LogP contribution in [0.15, 0.2) is 59.7 Å². The molecule has 1 unspecified atom stereocenters. The van der Waals surface area contributed by atoms with Crippen molar-refractivity contribution in [3.8, 4) is 5.75 Å². The summed E-state index contributed by atoms with van der Waals surface area (Å²) in [7, 11) is 0. The van der Waals surface area contributed by atoms with Gasteiger partial charge in [0.15, 0.2) is 6.10 Å². The number of nitrogens with one attached hydrogen (secondary N) is 1. The molecule has 2 aromatic carbocycles. The number of nitro groups is 1. The third-order valence-electron chi connectivity index (χ3n) is 2.89. The Morgan fingerprint density at radius 2 is 2.00 bits per heavy atom. The number of nitro benzene ring substituents is 1. The van der Waals surface area contributed by atoms with Gasteiger partial charge in [0.05, 0.1) is 11.1 Å². The number of carbonyl (C=O) groups excluding carboxylic acids is 1. The molecule has 1 N–H and O–H groups in total. The fraction of sp³-hybridized carbons (Fsp3) is 0.125. The number of amides is 1. The van der Waals surface area contributed by atoms with Crippen molar-refractivity contribution in [3.63, 3.8) is 0 Å². The van der Waals surface area contributed by atoms with Gasteiger partial charge in [0, 0.05) is 17.7 Å². The molecule has 2 aromatic rings. The van der Waals surface area contributed by atoms with Crippen LogP contribution in [0.25, 0.3) is 0 Å². The summed E-state index contributed by atoms with van der Waals surface area (Å²) in [5.74, 6) is 0.161. The van der Waals surface area contributed by atoms with Gasteiger partial charge in [-0.25, -0.2) is 5.43 Å². The van der Waals surface area contributed by atoms with Crippen LogP contribution in [0.4, 0.5) is 5.69 Å². The zero-order valence-corrected chi connectivity index (χ0v) is 12.4. The third-order valence-corrected chi connectivity index (χ3v) is 2.89. The van der Waals surface area contributed by atoms with E-state index in [2.05, 4.69) is 10.5 Å². The summed E-state index contributed by atoms with van der Waals surface area (Å²) in [5, 5.41) is 14.5.